The van der Waals surface area contributed by atoms with E-state index in [2.05, 4.69) is 21.4 Å². The molecule has 0 bridgehead atoms. The molecule has 0 N–H and O–H groups in total. The molecule has 0 fully saturated rings. The van der Waals surface area contributed by atoms with Crippen molar-refractivity contribution in [1.29, 1.82) is 0 Å². The number of nitrogens with zero attached hydrogens (tertiary/aromatic N) is 3. The molecular weight excluding hydrogens is 191 g/mol. The Hall–Kier alpha value is -0.146. The maximum Gasteiger partial charge on any atom is 0.115 e. The summed E-state index contributed by atoms with van der Waals surface area (Å²) in [5.41, 5.74) is 0.514. The van der Waals surface area contributed by atoms with E-state index in [0.717, 1.165) is 0 Å². The molecular formula is C5H3N3Y-2. The normalized spacial score (nSPS) is 7.56. The van der Waals surface area contributed by atoms with Crippen molar-refractivity contribution in [2.75, 3.05) is 0 Å². The van der Waals surface area contributed by atoms with Crippen molar-refractivity contribution >= 4 is 6.08 Å². The summed E-state index contributed by atoms with van der Waals surface area (Å²) >= 11 is 0. The van der Waals surface area contributed by atoms with Gasteiger partial charge in [-0.25, -0.2) is 5.69 Å². The van der Waals surface area contributed by atoms with Gasteiger partial charge >= 0.3 is 0 Å². The first-order valence-corrected chi connectivity index (χ1v) is 2.04. The second kappa shape index (κ2) is 4.71. The summed E-state index contributed by atoms with van der Waals surface area (Å²) in [6.07, 6.45) is 5.09. The zero-order valence-electron chi connectivity index (χ0n) is 4.65. The van der Waals surface area contributed by atoms with Crippen LogP contribution in [-0.4, -0.2) is 15.2 Å². The van der Waals surface area contributed by atoms with Crippen LogP contribution in [0.15, 0.2) is 6.33 Å². The molecule has 0 aliphatic rings. The quantitative estimate of drug-likeness (QED) is 0.595. The third kappa shape index (κ3) is 2.77. The monoisotopic (exact) mass is 194 g/mol. The van der Waals surface area contributed by atoms with Crippen molar-refractivity contribution in [1.82, 2.24) is 15.2 Å². The molecule has 1 rings (SSSR count). The minimum atomic E-state index is 0. The van der Waals surface area contributed by atoms with Crippen molar-refractivity contribution in [3.63, 3.8) is 0 Å². The minimum Gasteiger partial charge on any atom is -0.392 e. The van der Waals surface area contributed by atoms with E-state index in [1.165, 1.54) is 12.4 Å². The fourth-order valence-corrected chi connectivity index (χ4v) is 0.303. The Kier molecular flexibility index (Phi) is 4.63. The first-order chi connectivity index (χ1) is 3.93. The van der Waals surface area contributed by atoms with Crippen LogP contribution in [0.25, 0.3) is 6.08 Å². The number of hydrogen-bond donors (Lipinski definition) is 0. The molecule has 1 aromatic rings. The maximum atomic E-state index is 5.06. The van der Waals surface area contributed by atoms with Gasteiger partial charge < -0.3 is 17.6 Å². The first-order valence-electron chi connectivity index (χ1n) is 2.04. The Balaban J connectivity index is 0.000000640. The molecule has 43 valence electrons. The summed E-state index contributed by atoms with van der Waals surface area (Å²) in [5.74, 6) is 0. The molecule has 0 saturated heterocycles. The van der Waals surface area contributed by atoms with Crippen LogP contribution >= 0.6 is 0 Å². The van der Waals surface area contributed by atoms with Crippen LogP contribution in [0.2, 0.25) is 0 Å². The third-order valence-corrected chi connectivity index (χ3v) is 0.629. The summed E-state index contributed by atoms with van der Waals surface area (Å²) in [7, 11) is 0. The van der Waals surface area contributed by atoms with Gasteiger partial charge in [0.05, 0.1) is 0 Å². The van der Waals surface area contributed by atoms with Crippen molar-refractivity contribution in [3.8, 4) is 0 Å². The van der Waals surface area contributed by atoms with Gasteiger partial charge in [0.2, 0.25) is 0 Å². The molecule has 0 spiro atoms. The Morgan fingerprint density at radius 1 is 1.67 bits per heavy atom. The fourth-order valence-electron chi connectivity index (χ4n) is 0.303. The number of hydrogen-bond acceptors (Lipinski definition) is 3. The Morgan fingerprint density at radius 2 is 2.44 bits per heavy atom. The summed E-state index contributed by atoms with van der Waals surface area (Å²) in [6, 6.07) is 0. The smallest absolute Gasteiger partial charge is 0.115 e. The Bertz CT molecular complexity index is 175. The van der Waals surface area contributed by atoms with Gasteiger partial charge in [0, 0.05) is 32.7 Å². The van der Waals surface area contributed by atoms with Gasteiger partial charge in [-0.05, 0) is 0 Å². The van der Waals surface area contributed by atoms with Gasteiger partial charge in [0.25, 0.3) is 0 Å². The number of aromatic nitrogens is 3. The summed E-state index contributed by atoms with van der Waals surface area (Å²) in [6.45, 7) is 5.06. The molecule has 0 aliphatic carbocycles. The zero-order chi connectivity index (χ0) is 5.82. The van der Waals surface area contributed by atoms with Gasteiger partial charge in [-0.2, -0.15) is 11.3 Å². The average molecular weight is 194 g/mol. The van der Waals surface area contributed by atoms with Crippen LogP contribution < -0.4 is 0 Å². The molecule has 3 nitrogen and oxygen atoms in total. The Labute approximate surface area is 78.5 Å². The predicted octanol–water partition coefficient (Wildman–Crippen LogP) is 0.115. The van der Waals surface area contributed by atoms with Crippen LogP contribution in [0.5, 0.6) is 0 Å². The van der Waals surface area contributed by atoms with E-state index in [1.807, 2.05) is 0 Å². The van der Waals surface area contributed by atoms with Crippen LogP contribution in [0.4, 0.5) is 0 Å². The number of rotatable bonds is 1. The minimum absolute atomic E-state index is 0. The van der Waals surface area contributed by atoms with Crippen LogP contribution in [0.1, 0.15) is 5.69 Å². The topological polar surface area (TPSA) is 38.7 Å². The van der Waals surface area contributed by atoms with E-state index in [1.54, 1.807) is 0 Å². The molecule has 0 aromatic carbocycles. The van der Waals surface area contributed by atoms with Gasteiger partial charge in [-0.3, -0.25) is 5.10 Å². The van der Waals surface area contributed by atoms with Crippen molar-refractivity contribution in [2.24, 2.45) is 0 Å². The molecule has 0 saturated carbocycles. The largest absolute Gasteiger partial charge is 0.392 e. The summed E-state index contributed by atoms with van der Waals surface area (Å²) in [5, 5.41) is 6.81. The third-order valence-electron chi connectivity index (χ3n) is 0.629. The van der Waals surface area contributed by atoms with Crippen LogP contribution in [0, 0.1) is 12.8 Å². The molecule has 9 heavy (non-hydrogen) atoms. The second-order valence-electron chi connectivity index (χ2n) is 1.12. The van der Waals surface area contributed by atoms with Crippen LogP contribution in [-0.2, 0) is 32.7 Å². The summed E-state index contributed by atoms with van der Waals surface area (Å²) in [4.78, 5) is 3.69. The van der Waals surface area contributed by atoms with E-state index in [9.17, 15) is 0 Å². The molecule has 1 radical (unpaired) electrons. The summed E-state index contributed by atoms with van der Waals surface area (Å²) < 4.78 is 0. The fraction of sp³-hybridized carbons (Fsp3) is 0. The van der Waals surface area contributed by atoms with E-state index in [4.69, 9.17) is 6.58 Å². The van der Waals surface area contributed by atoms with Gasteiger partial charge in [0.15, 0.2) is 0 Å². The van der Waals surface area contributed by atoms with Crippen molar-refractivity contribution in [2.45, 2.75) is 0 Å². The van der Waals surface area contributed by atoms with Crippen molar-refractivity contribution < 1.29 is 32.7 Å². The maximum absolute atomic E-state index is 5.06. The Morgan fingerprint density at radius 3 is 2.78 bits per heavy atom. The molecule has 0 amide bonds. The van der Waals surface area contributed by atoms with E-state index in [0.29, 0.717) is 5.69 Å². The van der Waals surface area contributed by atoms with Crippen molar-refractivity contribution in [3.05, 3.63) is 24.8 Å². The zero-order valence-corrected chi connectivity index (χ0v) is 7.49. The van der Waals surface area contributed by atoms with E-state index >= 15 is 0 Å². The van der Waals surface area contributed by atoms with Crippen LogP contribution in [0.3, 0.4) is 0 Å². The molecule has 4 heteroatoms. The standard InChI is InChI=1S/C5H3N3.Y/c1-2-5-3-7-8-4-6-5;/h1-2,4H;/q-2;. The van der Waals surface area contributed by atoms with E-state index < -0.39 is 0 Å². The second-order valence-corrected chi connectivity index (χ2v) is 1.12. The molecule has 0 atom stereocenters. The molecule has 0 unspecified atom stereocenters. The van der Waals surface area contributed by atoms with E-state index in [-0.39, 0.29) is 32.7 Å². The first kappa shape index (κ1) is 8.85. The predicted molar refractivity (Wildman–Crippen MR) is 27.4 cm³/mol. The van der Waals surface area contributed by atoms with Gasteiger partial charge in [-0.15, -0.1) is 0 Å². The molecule has 0 aliphatic heterocycles. The van der Waals surface area contributed by atoms with Gasteiger partial charge in [0.1, 0.15) is 6.33 Å². The molecule has 1 aromatic heterocycles. The van der Waals surface area contributed by atoms with Gasteiger partial charge in [-0.1, -0.05) is 0 Å². The SMILES string of the molecule is [CH-]=Cc1[c-]nncn1.[Y]. The molecule has 1 heterocycles. The average Bonchev–Trinajstić information content (AvgIpc) is 1.90.